The highest BCUT2D eigenvalue weighted by Crippen LogP contribution is 2.50. The van der Waals surface area contributed by atoms with Crippen molar-refractivity contribution in [1.29, 1.82) is 0 Å². The highest BCUT2D eigenvalue weighted by molar-refractivity contribution is 5.86. The predicted octanol–water partition coefficient (Wildman–Crippen LogP) is 7.08. The van der Waals surface area contributed by atoms with Gasteiger partial charge in [-0.1, -0.05) is 53.5 Å². The van der Waals surface area contributed by atoms with Gasteiger partial charge in [0.1, 0.15) is 11.5 Å². The van der Waals surface area contributed by atoms with Crippen LogP contribution in [0.5, 0.6) is 11.5 Å². The van der Waals surface area contributed by atoms with Crippen LogP contribution in [0.2, 0.25) is 0 Å². The Morgan fingerprint density at radius 2 is 1.66 bits per heavy atom. The Morgan fingerprint density at radius 1 is 1.00 bits per heavy atom. The van der Waals surface area contributed by atoms with Crippen LogP contribution in [0.4, 0.5) is 0 Å². The number of fused-ring (bicyclic) bond motifs is 1. The van der Waals surface area contributed by atoms with Crippen LogP contribution in [0.25, 0.3) is 17.2 Å². The molecule has 0 fully saturated rings. The first-order valence-electron chi connectivity index (χ1n) is 11.6. The van der Waals surface area contributed by atoms with Crippen molar-refractivity contribution in [3.8, 4) is 22.6 Å². The minimum absolute atomic E-state index is 0.0246. The second kappa shape index (κ2) is 9.40. The number of aromatic hydroxyl groups is 1. The fourth-order valence-corrected chi connectivity index (χ4v) is 4.50. The summed E-state index contributed by atoms with van der Waals surface area (Å²) in [6, 6.07) is 9.52. The number of phenols is 1. The van der Waals surface area contributed by atoms with Gasteiger partial charge >= 0.3 is 5.97 Å². The fraction of sp³-hybridized carbons (Fsp3) is 0.464. The first-order valence-corrected chi connectivity index (χ1v) is 11.6. The van der Waals surface area contributed by atoms with Crippen LogP contribution in [-0.2, 0) is 15.6 Å². The van der Waals surface area contributed by atoms with Crippen LogP contribution in [0, 0.1) is 0 Å². The van der Waals surface area contributed by atoms with E-state index in [9.17, 15) is 9.90 Å². The van der Waals surface area contributed by atoms with E-state index in [2.05, 4.69) is 46.8 Å². The number of phenolic OH excluding ortho intramolecular Hbond substituents is 1. The van der Waals surface area contributed by atoms with Crippen LogP contribution < -0.4 is 4.74 Å². The number of unbranched alkanes of at least 4 members (excludes halogenated alkanes) is 2. The summed E-state index contributed by atoms with van der Waals surface area (Å²) >= 11 is 0. The van der Waals surface area contributed by atoms with Gasteiger partial charge in [0.2, 0.25) is 0 Å². The molecule has 172 valence electrons. The van der Waals surface area contributed by atoms with E-state index in [0.717, 1.165) is 55.1 Å². The predicted molar refractivity (Wildman–Crippen MR) is 131 cm³/mol. The average molecular weight is 437 g/mol. The normalized spacial score (nSPS) is 16.7. The molecule has 4 nitrogen and oxygen atoms in total. The van der Waals surface area contributed by atoms with Gasteiger partial charge in [-0.05, 0) is 77.1 Å². The topological polar surface area (TPSA) is 66.8 Å². The minimum atomic E-state index is -1.00. The maximum Gasteiger partial charge on any atom is 0.328 e. The van der Waals surface area contributed by atoms with Gasteiger partial charge < -0.3 is 14.9 Å². The van der Waals surface area contributed by atoms with Crippen LogP contribution in [0.15, 0.2) is 36.4 Å². The zero-order chi connectivity index (χ0) is 23.5. The van der Waals surface area contributed by atoms with Gasteiger partial charge in [-0.2, -0.15) is 0 Å². The summed E-state index contributed by atoms with van der Waals surface area (Å²) in [7, 11) is 0. The number of hydrogen-bond acceptors (Lipinski definition) is 3. The van der Waals surface area contributed by atoms with Crippen molar-refractivity contribution in [1.82, 2.24) is 0 Å². The maximum absolute atomic E-state index is 11.0. The highest BCUT2D eigenvalue weighted by Gasteiger charge is 2.38. The summed E-state index contributed by atoms with van der Waals surface area (Å²) in [6.45, 7) is 11.9. The Balaban J connectivity index is 2.17. The molecule has 2 aromatic carbocycles. The number of ether oxygens (including phenoxy) is 1. The summed E-state index contributed by atoms with van der Waals surface area (Å²) in [4.78, 5) is 11.0. The average Bonchev–Trinajstić information content (AvgIpc) is 2.73. The number of carboxylic acids is 1. The monoisotopic (exact) mass is 436 g/mol. The molecule has 2 N–H and O–H groups in total. The van der Waals surface area contributed by atoms with Crippen molar-refractivity contribution in [2.45, 2.75) is 77.6 Å². The zero-order valence-corrected chi connectivity index (χ0v) is 20.0. The number of hydrogen-bond donors (Lipinski definition) is 2. The largest absolute Gasteiger partial charge is 0.507 e. The third-order valence-electron chi connectivity index (χ3n) is 6.69. The van der Waals surface area contributed by atoms with Gasteiger partial charge in [-0.15, -0.1) is 0 Å². The number of aliphatic carboxylic acids is 1. The summed E-state index contributed by atoms with van der Waals surface area (Å²) < 4.78 is 6.29. The Bertz CT molecular complexity index is 1010. The summed E-state index contributed by atoms with van der Waals surface area (Å²) in [5.74, 6) is -0.0682. The van der Waals surface area contributed by atoms with E-state index in [1.54, 1.807) is 18.2 Å². The molecule has 1 aliphatic carbocycles. The Hall–Kier alpha value is -2.75. The molecule has 0 aromatic heterocycles. The molecule has 0 unspecified atom stereocenters. The first kappa shape index (κ1) is 23.9. The molecule has 0 aliphatic heterocycles. The molecular weight excluding hydrogens is 400 g/mol. The van der Waals surface area contributed by atoms with Crippen LogP contribution in [0.3, 0.4) is 0 Å². The maximum atomic E-state index is 11.0. The van der Waals surface area contributed by atoms with Crippen LogP contribution in [-0.4, -0.2) is 22.8 Å². The van der Waals surface area contributed by atoms with E-state index in [0.29, 0.717) is 12.2 Å². The van der Waals surface area contributed by atoms with Crippen LogP contribution >= 0.6 is 0 Å². The van der Waals surface area contributed by atoms with Gasteiger partial charge in [0.25, 0.3) is 0 Å². The van der Waals surface area contributed by atoms with Crippen LogP contribution in [0.1, 0.15) is 83.4 Å². The van der Waals surface area contributed by atoms with Crippen molar-refractivity contribution >= 4 is 12.0 Å². The number of carboxylic acid groups (broad SMARTS) is 1. The van der Waals surface area contributed by atoms with E-state index >= 15 is 0 Å². The summed E-state index contributed by atoms with van der Waals surface area (Å²) in [5.41, 5.74) is 4.91. The molecule has 3 rings (SSSR count). The molecule has 0 amide bonds. The van der Waals surface area contributed by atoms with Crippen molar-refractivity contribution in [2.24, 2.45) is 0 Å². The van der Waals surface area contributed by atoms with Gasteiger partial charge in [-0.3, -0.25) is 0 Å². The van der Waals surface area contributed by atoms with E-state index < -0.39 is 5.97 Å². The smallest absolute Gasteiger partial charge is 0.328 e. The molecular formula is C28H36O4. The second-order valence-electron chi connectivity index (χ2n) is 10.2. The lowest BCUT2D eigenvalue weighted by Gasteiger charge is -2.42. The van der Waals surface area contributed by atoms with E-state index in [-0.39, 0.29) is 16.6 Å². The van der Waals surface area contributed by atoms with Gasteiger partial charge in [0.05, 0.1) is 6.61 Å². The molecule has 32 heavy (non-hydrogen) atoms. The molecule has 2 aromatic rings. The summed E-state index contributed by atoms with van der Waals surface area (Å²) in [5, 5.41) is 19.7. The Morgan fingerprint density at radius 3 is 2.28 bits per heavy atom. The standard InChI is InChI=1S/C28H36O4/c1-6-7-8-15-32-25-18-23-22(27(2,3)13-14-28(23,4)5)17-21(25)20-16-19(9-11-24(20)29)10-12-26(30)31/h9-12,16-18,29H,6-8,13-15H2,1-5H3,(H,30,31). The van der Waals surface area contributed by atoms with Crippen molar-refractivity contribution in [3.63, 3.8) is 0 Å². The summed E-state index contributed by atoms with van der Waals surface area (Å²) in [6.07, 6.45) is 8.07. The Labute approximate surface area is 191 Å². The lowest BCUT2D eigenvalue weighted by Crippen LogP contribution is -2.34. The number of rotatable bonds is 8. The number of carbonyl (C=O) groups is 1. The SMILES string of the molecule is CCCCCOc1cc2c(cc1-c1cc(C=CC(=O)O)ccc1O)C(C)(C)CCC2(C)C. The van der Waals surface area contributed by atoms with Crippen molar-refractivity contribution in [2.75, 3.05) is 6.61 Å². The van der Waals surface area contributed by atoms with Gasteiger partial charge in [0, 0.05) is 17.2 Å². The van der Waals surface area contributed by atoms with Gasteiger partial charge in [-0.25, -0.2) is 4.79 Å². The van der Waals surface area contributed by atoms with E-state index in [1.165, 1.54) is 11.1 Å². The molecule has 0 radical (unpaired) electrons. The Kier molecular flexibility index (Phi) is 7.02. The molecule has 0 heterocycles. The van der Waals surface area contributed by atoms with Gasteiger partial charge in [0.15, 0.2) is 0 Å². The number of benzene rings is 2. The molecule has 0 saturated carbocycles. The van der Waals surface area contributed by atoms with E-state index in [4.69, 9.17) is 9.84 Å². The zero-order valence-electron chi connectivity index (χ0n) is 20.0. The molecule has 0 bridgehead atoms. The van der Waals surface area contributed by atoms with Crippen molar-refractivity contribution in [3.05, 3.63) is 53.1 Å². The second-order valence-corrected chi connectivity index (χ2v) is 10.2. The first-order chi connectivity index (χ1) is 15.0. The molecule has 0 saturated heterocycles. The quantitative estimate of drug-likeness (QED) is 0.343. The molecule has 0 spiro atoms. The third-order valence-corrected chi connectivity index (χ3v) is 6.69. The highest BCUT2D eigenvalue weighted by atomic mass is 16.5. The molecule has 4 heteroatoms. The third kappa shape index (κ3) is 5.17. The van der Waals surface area contributed by atoms with E-state index in [1.807, 2.05) is 6.07 Å². The lowest BCUT2D eigenvalue weighted by molar-refractivity contribution is -0.131. The molecule has 0 atom stereocenters. The lowest BCUT2D eigenvalue weighted by atomic mass is 9.62. The fourth-order valence-electron chi connectivity index (χ4n) is 4.50. The van der Waals surface area contributed by atoms with Crippen molar-refractivity contribution < 1.29 is 19.7 Å². The minimum Gasteiger partial charge on any atom is -0.507 e. The molecule has 1 aliphatic rings.